The van der Waals surface area contributed by atoms with Crippen molar-refractivity contribution >= 4 is 23.0 Å². The van der Waals surface area contributed by atoms with Gasteiger partial charge in [0.05, 0.1) is 30.2 Å². The molecule has 0 radical (unpaired) electrons. The van der Waals surface area contributed by atoms with Crippen LogP contribution in [0.2, 0.25) is 0 Å². The van der Waals surface area contributed by atoms with E-state index >= 15 is 0 Å². The van der Waals surface area contributed by atoms with Crippen LogP contribution in [0.5, 0.6) is 5.75 Å². The summed E-state index contributed by atoms with van der Waals surface area (Å²) in [7, 11) is 1.65. The largest absolute Gasteiger partial charge is 0.497 e. The number of aromatic nitrogens is 3. The lowest BCUT2D eigenvalue weighted by molar-refractivity contribution is 0.371. The Balaban J connectivity index is 1.66. The monoisotopic (exact) mass is 406 g/mol. The fraction of sp³-hybridized carbons (Fsp3) is 0.238. The molecule has 8 heteroatoms. The first kappa shape index (κ1) is 19.1. The maximum Gasteiger partial charge on any atom is 0.187 e. The summed E-state index contributed by atoms with van der Waals surface area (Å²) in [6.45, 7) is 4.05. The third-order valence-electron chi connectivity index (χ3n) is 5.08. The van der Waals surface area contributed by atoms with Gasteiger partial charge < -0.3 is 10.5 Å². The number of hydrogen-bond donors (Lipinski definition) is 1. The highest BCUT2D eigenvalue weighted by atomic mass is 32.1. The Kier molecular flexibility index (Phi) is 5.02. The van der Waals surface area contributed by atoms with Crippen LogP contribution in [0, 0.1) is 13.8 Å². The second-order valence-electron chi connectivity index (χ2n) is 6.99. The number of benzene rings is 2. The molecule has 1 aromatic heterocycles. The van der Waals surface area contributed by atoms with Crippen molar-refractivity contribution in [2.45, 2.75) is 26.3 Å². The number of aryl methyl sites for hydroxylation is 1. The van der Waals surface area contributed by atoms with Crippen molar-refractivity contribution in [3.05, 3.63) is 71.0 Å². The van der Waals surface area contributed by atoms with E-state index < -0.39 is 0 Å². The molecule has 7 nitrogen and oxygen atoms in total. The van der Waals surface area contributed by atoms with E-state index in [1.807, 2.05) is 48.0 Å². The smallest absolute Gasteiger partial charge is 0.187 e. The van der Waals surface area contributed by atoms with Gasteiger partial charge in [0.15, 0.2) is 5.11 Å². The van der Waals surface area contributed by atoms with E-state index in [0.717, 1.165) is 34.1 Å². The van der Waals surface area contributed by atoms with Gasteiger partial charge in [0.2, 0.25) is 0 Å². The van der Waals surface area contributed by atoms with Crippen molar-refractivity contribution in [3.8, 4) is 11.4 Å². The predicted molar refractivity (Wildman–Crippen MR) is 116 cm³/mol. The van der Waals surface area contributed by atoms with Crippen LogP contribution in [0.1, 0.15) is 35.0 Å². The highest BCUT2D eigenvalue weighted by Crippen LogP contribution is 2.33. The maximum atomic E-state index is 5.95. The lowest BCUT2D eigenvalue weighted by Gasteiger charge is -2.22. The normalized spacial score (nSPS) is 16.0. The van der Waals surface area contributed by atoms with Gasteiger partial charge in [-0.25, -0.2) is 9.69 Å². The van der Waals surface area contributed by atoms with Crippen LogP contribution in [-0.2, 0) is 0 Å². The Bertz CT molecular complexity index is 1070. The van der Waals surface area contributed by atoms with Crippen molar-refractivity contribution in [3.63, 3.8) is 0 Å². The molecule has 0 bridgehead atoms. The molecule has 148 valence electrons. The number of nitrogens with two attached hydrogens (primary N) is 1. The molecular weight excluding hydrogens is 384 g/mol. The molecule has 1 aliphatic heterocycles. The number of nitrogens with zero attached hydrogens (tertiary/aromatic N) is 5. The van der Waals surface area contributed by atoms with Gasteiger partial charge in [-0.05, 0) is 55.9 Å². The second-order valence-corrected chi connectivity index (χ2v) is 7.41. The zero-order valence-electron chi connectivity index (χ0n) is 16.5. The van der Waals surface area contributed by atoms with E-state index in [2.05, 4.69) is 34.5 Å². The van der Waals surface area contributed by atoms with Crippen LogP contribution in [-0.4, -0.2) is 37.9 Å². The highest BCUT2D eigenvalue weighted by Gasteiger charge is 2.32. The summed E-state index contributed by atoms with van der Waals surface area (Å²) in [6.07, 6.45) is 0.636. The molecule has 29 heavy (non-hydrogen) atoms. The number of ether oxygens (including phenoxy) is 1. The van der Waals surface area contributed by atoms with Crippen LogP contribution in [0.25, 0.3) is 5.69 Å². The first-order valence-corrected chi connectivity index (χ1v) is 9.68. The molecule has 0 spiro atoms. The van der Waals surface area contributed by atoms with Crippen LogP contribution in [0.3, 0.4) is 0 Å². The van der Waals surface area contributed by atoms with Crippen LogP contribution >= 0.6 is 12.2 Å². The van der Waals surface area contributed by atoms with Crippen molar-refractivity contribution < 1.29 is 4.74 Å². The molecule has 0 aliphatic carbocycles. The summed E-state index contributed by atoms with van der Waals surface area (Å²) < 4.78 is 7.07. The lowest BCUT2D eigenvalue weighted by Crippen LogP contribution is -2.31. The van der Waals surface area contributed by atoms with Crippen molar-refractivity contribution in [1.82, 2.24) is 20.0 Å². The van der Waals surface area contributed by atoms with Crippen molar-refractivity contribution in [1.29, 1.82) is 0 Å². The average molecular weight is 407 g/mol. The minimum Gasteiger partial charge on any atom is -0.497 e. The summed E-state index contributed by atoms with van der Waals surface area (Å²) in [6, 6.07) is 15.9. The Morgan fingerprint density at radius 1 is 1.10 bits per heavy atom. The molecule has 3 aromatic rings. The quantitative estimate of drug-likeness (QED) is 0.670. The third kappa shape index (κ3) is 3.58. The van der Waals surface area contributed by atoms with Gasteiger partial charge in [-0.2, -0.15) is 5.10 Å². The predicted octanol–water partition coefficient (Wildman–Crippen LogP) is 3.29. The van der Waals surface area contributed by atoms with E-state index in [1.165, 1.54) is 5.56 Å². The fourth-order valence-electron chi connectivity index (χ4n) is 3.47. The van der Waals surface area contributed by atoms with Crippen molar-refractivity contribution in [2.75, 3.05) is 7.11 Å². The lowest BCUT2D eigenvalue weighted by atomic mass is 10.00. The fourth-order valence-corrected chi connectivity index (χ4v) is 3.64. The van der Waals surface area contributed by atoms with Crippen LogP contribution < -0.4 is 10.5 Å². The maximum absolute atomic E-state index is 5.95. The highest BCUT2D eigenvalue weighted by molar-refractivity contribution is 7.80. The van der Waals surface area contributed by atoms with Gasteiger partial charge in [0.1, 0.15) is 11.4 Å². The molecular formula is C21H22N6OS. The summed E-state index contributed by atoms with van der Waals surface area (Å²) >= 11 is 5.24. The molecule has 4 rings (SSSR count). The number of methoxy groups -OCH3 is 1. The van der Waals surface area contributed by atoms with Crippen LogP contribution in [0.15, 0.2) is 53.6 Å². The first-order chi connectivity index (χ1) is 14.0. The first-order valence-electron chi connectivity index (χ1n) is 9.27. The van der Waals surface area contributed by atoms with Crippen molar-refractivity contribution in [2.24, 2.45) is 10.8 Å². The Hall–Kier alpha value is -3.26. The van der Waals surface area contributed by atoms with E-state index in [0.29, 0.717) is 6.42 Å². The zero-order chi connectivity index (χ0) is 20.5. The molecule has 0 fully saturated rings. The van der Waals surface area contributed by atoms with Gasteiger partial charge >= 0.3 is 0 Å². The van der Waals surface area contributed by atoms with Gasteiger partial charge in [-0.3, -0.25) is 0 Å². The molecule has 0 unspecified atom stereocenters. The van der Waals surface area contributed by atoms with E-state index in [4.69, 9.17) is 22.7 Å². The second kappa shape index (κ2) is 7.63. The number of rotatable bonds is 4. The molecule has 2 N–H and O–H groups in total. The average Bonchev–Trinajstić information content (AvgIpc) is 3.33. The summed E-state index contributed by atoms with van der Waals surface area (Å²) in [5, 5.41) is 15.3. The zero-order valence-corrected chi connectivity index (χ0v) is 17.3. The minimum absolute atomic E-state index is 0.0858. The van der Waals surface area contributed by atoms with Gasteiger partial charge in [-0.15, -0.1) is 5.10 Å². The topological polar surface area (TPSA) is 81.6 Å². The molecule has 2 aromatic carbocycles. The molecule has 0 saturated heterocycles. The third-order valence-corrected chi connectivity index (χ3v) is 5.27. The summed E-state index contributed by atoms with van der Waals surface area (Å²) in [5.74, 6) is 0.798. The number of hydrogen-bond acceptors (Lipinski definition) is 5. The number of hydrazone groups is 1. The van der Waals surface area contributed by atoms with E-state index in [-0.39, 0.29) is 11.2 Å². The van der Waals surface area contributed by atoms with Gasteiger partial charge in [0.25, 0.3) is 0 Å². The molecule has 1 atom stereocenters. The molecule has 1 aliphatic rings. The van der Waals surface area contributed by atoms with E-state index in [1.54, 1.807) is 12.1 Å². The number of thiocarbonyl (C=S) groups is 1. The van der Waals surface area contributed by atoms with Gasteiger partial charge in [0, 0.05) is 6.42 Å². The summed E-state index contributed by atoms with van der Waals surface area (Å²) in [4.78, 5) is 0. The molecule has 0 saturated carbocycles. The minimum atomic E-state index is -0.0858. The Morgan fingerprint density at radius 2 is 1.79 bits per heavy atom. The standard InChI is InChI=1S/C21H22N6OS/c1-13-4-8-16(9-5-13)26-14(2)20(23-25-26)18-12-19(27(24-18)21(22)29)15-6-10-17(28-3)11-7-15/h4-11,19H,12H2,1-3H3,(H2,22,29)/t19-/m1/s1. The van der Waals surface area contributed by atoms with Crippen LogP contribution in [0.4, 0.5) is 0 Å². The Morgan fingerprint density at radius 3 is 2.41 bits per heavy atom. The summed E-state index contributed by atoms with van der Waals surface area (Å²) in [5.41, 5.74) is 11.7. The molecule has 2 heterocycles. The van der Waals surface area contributed by atoms with Gasteiger partial charge in [-0.1, -0.05) is 35.0 Å². The Labute approximate surface area is 174 Å². The SMILES string of the molecule is COc1ccc([C@H]2CC(c3nnn(-c4ccc(C)cc4)c3C)=NN2C(N)=S)cc1. The van der Waals surface area contributed by atoms with E-state index in [9.17, 15) is 0 Å². The molecule has 0 amide bonds.